The summed E-state index contributed by atoms with van der Waals surface area (Å²) in [5, 5.41) is 3.44. The smallest absolute Gasteiger partial charge is 0.268 e. The minimum atomic E-state index is -4.26. The van der Waals surface area contributed by atoms with Gasteiger partial charge in [-0.25, -0.2) is 8.42 Å². The molecular formula is C23H21Cl3N2O5S. The van der Waals surface area contributed by atoms with Gasteiger partial charge in [0.1, 0.15) is 22.9 Å². The number of methoxy groups -OCH3 is 2. The van der Waals surface area contributed by atoms with Crippen molar-refractivity contribution in [2.75, 3.05) is 30.4 Å². The first-order valence-corrected chi connectivity index (χ1v) is 12.4. The first kappa shape index (κ1) is 26.0. The summed E-state index contributed by atoms with van der Waals surface area (Å²) in [5.41, 5.74) is 1.18. The molecule has 0 fully saturated rings. The number of aryl methyl sites for hydroxylation is 1. The highest BCUT2D eigenvalue weighted by molar-refractivity contribution is 7.93. The van der Waals surface area contributed by atoms with E-state index in [1.54, 1.807) is 19.1 Å². The van der Waals surface area contributed by atoms with E-state index in [9.17, 15) is 13.2 Å². The molecular weight excluding hydrogens is 523 g/mol. The molecule has 0 radical (unpaired) electrons. The molecule has 0 atom stereocenters. The van der Waals surface area contributed by atoms with E-state index < -0.39 is 22.5 Å². The highest BCUT2D eigenvalue weighted by Crippen LogP contribution is 2.34. The number of nitrogens with zero attached hydrogens (tertiary/aromatic N) is 1. The van der Waals surface area contributed by atoms with E-state index in [0.29, 0.717) is 27.0 Å². The minimum Gasteiger partial charge on any atom is -0.495 e. The third-order valence-corrected chi connectivity index (χ3v) is 7.27. The lowest BCUT2D eigenvalue weighted by Crippen LogP contribution is -2.38. The van der Waals surface area contributed by atoms with Crippen LogP contribution in [-0.2, 0) is 14.8 Å². The lowest BCUT2D eigenvalue weighted by atomic mass is 10.2. The van der Waals surface area contributed by atoms with E-state index in [1.807, 2.05) is 0 Å². The lowest BCUT2D eigenvalue weighted by molar-refractivity contribution is -0.114. The van der Waals surface area contributed by atoms with Crippen LogP contribution in [0.25, 0.3) is 0 Å². The van der Waals surface area contributed by atoms with Gasteiger partial charge in [-0.15, -0.1) is 0 Å². The van der Waals surface area contributed by atoms with Gasteiger partial charge in [-0.2, -0.15) is 0 Å². The summed E-state index contributed by atoms with van der Waals surface area (Å²) < 4.78 is 38.9. The first-order valence-electron chi connectivity index (χ1n) is 9.82. The summed E-state index contributed by atoms with van der Waals surface area (Å²) in [6.07, 6.45) is 0. The third kappa shape index (κ3) is 5.88. The number of ether oxygens (including phenoxy) is 2. The van der Waals surface area contributed by atoms with Gasteiger partial charge < -0.3 is 14.8 Å². The zero-order valence-corrected chi connectivity index (χ0v) is 21.5. The number of rotatable bonds is 8. The number of hydrogen-bond acceptors (Lipinski definition) is 5. The van der Waals surface area contributed by atoms with Crippen LogP contribution in [0.3, 0.4) is 0 Å². The fraction of sp³-hybridized carbons (Fsp3) is 0.174. The Balaban J connectivity index is 2.06. The van der Waals surface area contributed by atoms with Gasteiger partial charge in [-0.3, -0.25) is 9.10 Å². The largest absolute Gasteiger partial charge is 0.495 e. The zero-order valence-electron chi connectivity index (χ0n) is 18.4. The van der Waals surface area contributed by atoms with Crippen LogP contribution < -0.4 is 19.1 Å². The van der Waals surface area contributed by atoms with Crippen molar-refractivity contribution in [3.05, 3.63) is 75.2 Å². The molecule has 0 aliphatic rings. The van der Waals surface area contributed by atoms with E-state index in [2.05, 4.69) is 5.32 Å². The molecule has 0 aromatic heterocycles. The Morgan fingerprint density at radius 3 is 2.12 bits per heavy atom. The predicted molar refractivity (Wildman–Crippen MR) is 135 cm³/mol. The minimum absolute atomic E-state index is 0.0967. The van der Waals surface area contributed by atoms with Crippen molar-refractivity contribution >= 4 is 62.1 Å². The first-order chi connectivity index (χ1) is 16.0. The summed E-state index contributed by atoms with van der Waals surface area (Å²) in [6, 6.07) is 13.7. The normalized spacial score (nSPS) is 11.1. The maximum absolute atomic E-state index is 13.8. The molecule has 0 aliphatic heterocycles. The second kappa shape index (κ2) is 10.7. The van der Waals surface area contributed by atoms with Crippen LogP contribution in [0, 0.1) is 6.92 Å². The SMILES string of the molecule is COc1ccc(N(CC(=O)Nc2cc(Cl)cc(Cl)c2)S(=O)(=O)c2cc(C)ccc2OC)cc1Cl. The van der Waals surface area contributed by atoms with Crippen LogP contribution >= 0.6 is 34.8 Å². The van der Waals surface area contributed by atoms with Crippen molar-refractivity contribution in [3.8, 4) is 11.5 Å². The van der Waals surface area contributed by atoms with Crippen molar-refractivity contribution in [1.82, 2.24) is 0 Å². The highest BCUT2D eigenvalue weighted by Gasteiger charge is 2.31. The average molecular weight is 544 g/mol. The second-order valence-corrected chi connectivity index (χ2v) is 10.3. The summed E-state index contributed by atoms with van der Waals surface area (Å²) >= 11 is 18.3. The molecule has 0 spiro atoms. The van der Waals surface area contributed by atoms with Gasteiger partial charge in [-0.1, -0.05) is 40.9 Å². The van der Waals surface area contributed by atoms with Gasteiger partial charge in [0.25, 0.3) is 10.0 Å². The van der Waals surface area contributed by atoms with Crippen molar-refractivity contribution < 1.29 is 22.7 Å². The fourth-order valence-corrected chi connectivity index (χ4v) is 5.62. The topological polar surface area (TPSA) is 84.9 Å². The molecule has 0 aliphatic carbocycles. The molecule has 3 aromatic carbocycles. The number of halogens is 3. The Labute approximate surface area is 213 Å². The van der Waals surface area contributed by atoms with Crippen LogP contribution in [0.4, 0.5) is 11.4 Å². The average Bonchev–Trinajstić information content (AvgIpc) is 2.76. The Morgan fingerprint density at radius 2 is 1.53 bits per heavy atom. The van der Waals surface area contributed by atoms with E-state index >= 15 is 0 Å². The van der Waals surface area contributed by atoms with Crippen LogP contribution in [0.1, 0.15) is 5.56 Å². The fourth-order valence-electron chi connectivity index (χ4n) is 3.19. The Bertz CT molecular complexity index is 1310. The van der Waals surface area contributed by atoms with Crippen LogP contribution in [0.15, 0.2) is 59.5 Å². The number of benzene rings is 3. The van der Waals surface area contributed by atoms with Crippen molar-refractivity contribution in [2.45, 2.75) is 11.8 Å². The molecule has 11 heteroatoms. The molecule has 1 amide bonds. The zero-order chi connectivity index (χ0) is 25.0. The van der Waals surface area contributed by atoms with Gasteiger partial charge in [0.15, 0.2) is 0 Å². The summed E-state index contributed by atoms with van der Waals surface area (Å²) in [7, 11) is -1.45. The van der Waals surface area contributed by atoms with Gasteiger partial charge in [0.05, 0.1) is 24.9 Å². The predicted octanol–water partition coefficient (Wildman–Crippen LogP) is 5.81. The summed E-state index contributed by atoms with van der Waals surface area (Å²) in [4.78, 5) is 12.8. The second-order valence-electron chi connectivity index (χ2n) is 7.19. The number of anilines is 2. The van der Waals surface area contributed by atoms with E-state index in [1.165, 1.54) is 56.7 Å². The number of nitrogens with one attached hydrogen (secondary N) is 1. The summed E-state index contributed by atoms with van der Waals surface area (Å²) in [6.45, 7) is 1.19. The molecule has 0 saturated carbocycles. The molecule has 3 rings (SSSR count). The van der Waals surface area contributed by atoms with Gasteiger partial charge in [0, 0.05) is 15.7 Å². The van der Waals surface area contributed by atoms with E-state index in [4.69, 9.17) is 44.3 Å². The van der Waals surface area contributed by atoms with Gasteiger partial charge in [0.2, 0.25) is 5.91 Å². The van der Waals surface area contributed by atoms with Crippen molar-refractivity contribution in [3.63, 3.8) is 0 Å². The molecule has 0 heterocycles. The standard InChI is InChI=1S/C23H21Cl3N2O5S/c1-14-4-6-21(33-3)22(8-14)34(30,31)28(18-5-7-20(32-2)19(26)12-18)13-23(29)27-17-10-15(24)9-16(25)11-17/h4-12H,13H2,1-3H3,(H,27,29). The number of carbonyl (C=O) groups is 1. The molecule has 0 saturated heterocycles. The van der Waals surface area contributed by atoms with E-state index in [0.717, 1.165) is 4.31 Å². The maximum atomic E-state index is 13.8. The van der Waals surface area contributed by atoms with Crippen LogP contribution in [0.2, 0.25) is 15.1 Å². The van der Waals surface area contributed by atoms with Gasteiger partial charge in [-0.05, 0) is 61.0 Å². The monoisotopic (exact) mass is 542 g/mol. The van der Waals surface area contributed by atoms with Crippen molar-refractivity contribution in [2.24, 2.45) is 0 Å². The lowest BCUT2D eigenvalue weighted by Gasteiger charge is -2.25. The number of carbonyl (C=O) groups excluding carboxylic acids is 1. The van der Waals surface area contributed by atoms with Gasteiger partial charge >= 0.3 is 0 Å². The molecule has 0 unspecified atom stereocenters. The molecule has 1 N–H and O–H groups in total. The molecule has 3 aromatic rings. The molecule has 34 heavy (non-hydrogen) atoms. The highest BCUT2D eigenvalue weighted by atomic mass is 35.5. The van der Waals surface area contributed by atoms with Crippen LogP contribution in [0.5, 0.6) is 11.5 Å². The van der Waals surface area contributed by atoms with E-state index in [-0.39, 0.29) is 21.4 Å². The Hall–Kier alpha value is -2.65. The molecule has 180 valence electrons. The molecule has 0 bridgehead atoms. The third-order valence-electron chi connectivity index (χ3n) is 4.74. The Kier molecular flexibility index (Phi) is 8.20. The maximum Gasteiger partial charge on any atom is 0.268 e. The molecule has 7 nitrogen and oxygen atoms in total. The number of hydrogen-bond donors (Lipinski definition) is 1. The number of amides is 1. The number of sulfonamides is 1. The van der Waals surface area contributed by atoms with Crippen LogP contribution in [-0.4, -0.2) is 35.1 Å². The van der Waals surface area contributed by atoms with Crippen molar-refractivity contribution in [1.29, 1.82) is 0 Å². The Morgan fingerprint density at radius 1 is 0.912 bits per heavy atom. The summed E-state index contributed by atoms with van der Waals surface area (Å²) in [5.74, 6) is -0.133. The quantitative estimate of drug-likeness (QED) is 0.388.